The summed E-state index contributed by atoms with van der Waals surface area (Å²) in [7, 11) is 0. The van der Waals surface area contributed by atoms with Crippen molar-refractivity contribution >= 4 is 71.3 Å². The standard InChI is InChI=1S/C55H41N3OS/c1-5-7-16-34(6-2)53(56)58-54(37-27-29-42-41-20-11-12-24-45(41)55(3,4)46(42)32-37)57-33-38-19-13-25-48-50(38)44-31-36(28-30-47(44)59-48)39-21-15-26-49-51(39)43-23-14-22-40(52(43)60-49)35-17-9-8-10-18-35/h5-33,56H,2H2,1,3-4H3/b7-5-,34-16+,56-53?,57-33?,58-54?. The lowest BCUT2D eigenvalue weighted by molar-refractivity contribution is 0.660. The van der Waals surface area contributed by atoms with Crippen LogP contribution in [0.5, 0.6) is 0 Å². The molecule has 0 fully saturated rings. The van der Waals surface area contributed by atoms with Gasteiger partial charge in [-0.05, 0) is 81.8 Å². The Labute approximate surface area is 353 Å². The van der Waals surface area contributed by atoms with Gasteiger partial charge in [0.15, 0.2) is 11.7 Å². The van der Waals surface area contributed by atoms with Crippen molar-refractivity contribution in [2.24, 2.45) is 9.98 Å². The Morgan fingerprint density at radius 2 is 1.45 bits per heavy atom. The third-order valence-electron chi connectivity index (χ3n) is 11.8. The molecule has 0 saturated heterocycles. The van der Waals surface area contributed by atoms with E-state index in [1.807, 2.05) is 54.8 Å². The summed E-state index contributed by atoms with van der Waals surface area (Å²) in [6.07, 6.45) is 9.19. The van der Waals surface area contributed by atoms with Crippen LogP contribution in [0.1, 0.15) is 43.0 Å². The molecule has 5 heteroatoms. The number of rotatable bonds is 7. The molecule has 0 bridgehead atoms. The molecule has 7 aromatic carbocycles. The zero-order valence-corrected chi connectivity index (χ0v) is 34.5. The number of benzene rings is 7. The van der Waals surface area contributed by atoms with Crippen LogP contribution < -0.4 is 0 Å². The van der Waals surface area contributed by atoms with Gasteiger partial charge in [-0.1, -0.05) is 160 Å². The highest BCUT2D eigenvalue weighted by Gasteiger charge is 2.35. The molecule has 2 heterocycles. The van der Waals surface area contributed by atoms with E-state index in [1.54, 1.807) is 6.08 Å². The topological polar surface area (TPSA) is 61.7 Å². The molecule has 0 unspecified atom stereocenters. The molecule has 4 nitrogen and oxygen atoms in total. The van der Waals surface area contributed by atoms with E-state index in [2.05, 4.69) is 154 Å². The summed E-state index contributed by atoms with van der Waals surface area (Å²) in [5.41, 5.74) is 13.5. The molecular formula is C55H41N3OS. The van der Waals surface area contributed by atoms with Crippen molar-refractivity contribution in [1.82, 2.24) is 0 Å². The molecule has 10 rings (SSSR count). The molecule has 0 atom stereocenters. The first-order chi connectivity index (χ1) is 29.3. The Balaban J connectivity index is 1.10. The fraction of sp³-hybridized carbons (Fsp3) is 0.0727. The fourth-order valence-electron chi connectivity index (χ4n) is 8.82. The smallest absolute Gasteiger partial charge is 0.161 e. The molecule has 0 amide bonds. The molecule has 60 heavy (non-hydrogen) atoms. The Bertz CT molecular complexity index is 3340. The minimum Gasteiger partial charge on any atom is -0.456 e. The number of allylic oxidation sites excluding steroid dienone is 3. The highest BCUT2D eigenvalue weighted by Crippen LogP contribution is 2.49. The number of hydrogen-bond acceptors (Lipinski definition) is 3. The minimum absolute atomic E-state index is 0.0842. The number of hydrogen-bond donors (Lipinski definition) is 1. The van der Waals surface area contributed by atoms with E-state index in [0.717, 1.165) is 38.6 Å². The van der Waals surface area contributed by atoms with Gasteiger partial charge in [0.1, 0.15) is 11.2 Å². The lowest BCUT2D eigenvalue weighted by Crippen LogP contribution is -2.16. The number of furan rings is 1. The van der Waals surface area contributed by atoms with Crippen LogP contribution in [0.2, 0.25) is 0 Å². The number of thiophene rings is 1. The van der Waals surface area contributed by atoms with Crippen molar-refractivity contribution in [3.05, 3.63) is 204 Å². The van der Waals surface area contributed by atoms with E-state index >= 15 is 0 Å². The molecule has 0 aliphatic heterocycles. The molecule has 288 valence electrons. The molecule has 1 N–H and O–H groups in total. The average Bonchev–Trinajstić information content (AvgIpc) is 3.93. The normalized spacial score (nSPS) is 13.9. The highest BCUT2D eigenvalue weighted by molar-refractivity contribution is 7.26. The molecule has 1 aliphatic carbocycles. The van der Waals surface area contributed by atoms with E-state index in [1.165, 1.54) is 59.1 Å². The largest absolute Gasteiger partial charge is 0.456 e. The van der Waals surface area contributed by atoms with Crippen molar-refractivity contribution in [3.63, 3.8) is 0 Å². The maximum Gasteiger partial charge on any atom is 0.161 e. The molecule has 1 aliphatic rings. The summed E-state index contributed by atoms with van der Waals surface area (Å²) in [4.78, 5) is 9.98. The van der Waals surface area contributed by atoms with Crippen LogP contribution in [0.15, 0.2) is 196 Å². The Kier molecular flexibility index (Phi) is 9.19. The quantitative estimate of drug-likeness (QED) is 0.0975. The Morgan fingerprint density at radius 1 is 0.683 bits per heavy atom. The molecule has 2 aromatic heterocycles. The zero-order valence-electron chi connectivity index (χ0n) is 33.7. The van der Waals surface area contributed by atoms with Crippen LogP contribution in [-0.2, 0) is 5.41 Å². The first-order valence-electron chi connectivity index (χ1n) is 20.2. The van der Waals surface area contributed by atoms with Gasteiger partial charge in [0.05, 0.1) is 0 Å². The van der Waals surface area contributed by atoms with E-state index in [4.69, 9.17) is 19.8 Å². The fourth-order valence-corrected chi connectivity index (χ4v) is 10.1. The summed E-state index contributed by atoms with van der Waals surface area (Å²) in [6, 6.07) is 51.5. The monoisotopic (exact) mass is 791 g/mol. The number of nitrogens with zero attached hydrogens (tertiary/aromatic N) is 2. The van der Waals surface area contributed by atoms with Gasteiger partial charge in [0, 0.05) is 59.3 Å². The number of aliphatic imine (C=N–C) groups is 2. The zero-order chi connectivity index (χ0) is 41.0. The average molecular weight is 792 g/mol. The summed E-state index contributed by atoms with van der Waals surface area (Å²) in [5, 5.41) is 13.6. The van der Waals surface area contributed by atoms with Crippen LogP contribution in [0.4, 0.5) is 0 Å². The molecule has 0 saturated carbocycles. The van der Waals surface area contributed by atoms with Crippen LogP contribution >= 0.6 is 11.3 Å². The predicted molar refractivity (Wildman–Crippen MR) is 256 cm³/mol. The summed E-state index contributed by atoms with van der Waals surface area (Å²) < 4.78 is 9.03. The van der Waals surface area contributed by atoms with Gasteiger partial charge in [0.25, 0.3) is 0 Å². The van der Waals surface area contributed by atoms with E-state index in [-0.39, 0.29) is 11.3 Å². The van der Waals surface area contributed by atoms with Gasteiger partial charge >= 0.3 is 0 Å². The first kappa shape index (κ1) is 37.1. The van der Waals surface area contributed by atoms with Crippen molar-refractivity contribution in [2.45, 2.75) is 26.2 Å². The second-order valence-corrected chi connectivity index (χ2v) is 16.7. The van der Waals surface area contributed by atoms with Gasteiger partial charge in [-0.25, -0.2) is 9.98 Å². The first-order valence-corrected chi connectivity index (χ1v) is 21.0. The van der Waals surface area contributed by atoms with Crippen LogP contribution in [0.3, 0.4) is 0 Å². The maximum absolute atomic E-state index is 9.05. The third kappa shape index (κ3) is 6.18. The van der Waals surface area contributed by atoms with Crippen molar-refractivity contribution < 1.29 is 4.42 Å². The second-order valence-electron chi connectivity index (χ2n) is 15.7. The lowest BCUT2D eigenvalue weighted by atomic mass is 9.82. The highest BCUT2D eigenvalue weighted by atomic mass is 32.1. The van der Waals surface area contributed by atoms with Gasteiger partial charge in [-0.3, -0.25) is 5.41 Å². The maximum atomic E-state index is 9.05. The summed E-state index contributed by atoms with van der Waals surface area (Å²) in [6.45, 7) is 10.4. The molecule has 9 aromatic rings. The third-order valence-corrected chi connectivity index (χ3v) is 13.0. The van der Waals surface area contributed by atoms with Crippen LogP contribution in [0, 0.1) is 5.41 Å². The summed E-state index contributed by atoms with van der Waals surface area (Å²) in [5.74, 6) is 0.528. The number of fused-ring (bicyclic) bond motifs is 9. The predicted octanol–water partition coefficient (Wildman–Crippen LogP) is 15.1. The Morgan fingerprint density at radius 3 is 2.30 bits per heavy atom. The van der Waals surface area contributed by atoms with Crippen LogP contribution in [-0.4, -0.2) is 17.9 Å². The van der Waals surface area contributed by atoms with Gasteiger partial charge in [-0.2, -0.15) is 0 Å². The molecular weight excluding hydrogens is 751 g/mol. The van der Waals surface area contributed by atoms with Gasteiger partial charge < -0.3 is 4.42 Å². The van der Waals surface area contributed by atoms with Gasteiger partial charge in [0.2, 0.25) is 0 Å². The van der Waals surface area contributed by atoms with Crippen molar-refractivity contribution in [1.29, 1.82) is 5.41 Å². The Hall–Kier alpha value is -7.21. The lowest BCUT2D eigenvalue weighted by Gasteiger charge is -2.21. The van der Waals surface area contributed by atoms with E-state index < -0.39 is 0 Å². The van der Waals surface area contributed by atoms with Crippen molar-refractivity contribution in [2.75, 3.05) is 0 Å². The minimum atomic E-state index is -0.203. The van der Waals surface area contributed by atoms with Crippen molar-refractivity contribution in [3.8, 4) is 33.4 Å². The van der Waals surface area contributed by atoms with E-state index in [0.29, 0.717) is 11.4 Å². The SMILES string of the molecule is C=C/C(=C\C=C/C)C(=N)N=C(N=Cc1cccc2oc3ccc(-c4cccc5sc6c(-c7ccccc7)cccc6c45)cc3c12)c1ccc2c(c1)C(C)(C)c1ccccc1-2. The summed E-state index contributed by atoms with van der Waals surface area (Å²) >= 11 is 1.85. The number of amidine groups is 2. The van der Waals surface area contributed by atoms with E-state index in [9.17, 15) is 0 Å². The second kappa shape index (κ2) is 14.9. The van der Waals surface area contributed by atoms with Crippen LogP contribution in [0.25, 0.3) is 75.5 Å². The molecule has 0 radical (unpaired) electrons. The van der Waals surface area contributed by atoms with Gasteiger partial charge in [-0.15, -0.1) is 11.3 Å². The number of nitrogens with one attached hydrogen (secondary N) is 1. The molecule has 0 spiro atoms.